The number of hydrogen-bond donors (Lipinski definition) is 1. The molecule has 0 bridgehead atoms. The van der Waals surface area contributed by atoms with Crippen LogP contribution in [0.1, 0.15) is 0 Å². The van der Waals surface area contributed by atoms with Gasteiger partial charge in [0.05, 0.1) is 11.0 Å². The summed E-state index contributed by atoms with van der Waals surface area (Å²) in [6.07, 6.45) is 3.31. The average Bonchev–Trinajstić information content (AvgIpc) is 3.43. The zero-order chi connectivity index (χ0) is 27.9. The van der Waals surface area contributed by atoms with Gasteiger partial charge in [-0.25, -0.2) is 0 Å². The van der Waals surface area contributed by atoms with E-state index in [2.05, 4.69) is 103 Å². The van der Waals surface area contributed by atoms with Crippen LogP contribution in [0, 0.1) is 12.4 Å². The van der Waals surface area contributed by atoms with Gasteiger partial charge in [-0.1, -0.05) is 36.4 Å². The van der Waals surface area contributed by atoms with Crippen molar-refractivity contribution in [3.63, 3.8) is 0 Å². The van der Waals surface area contributed by atoms with Gasteiger partial charge in [0.1, 0.15) is 11.4 Å². The van der Waals surface area contributed by atoms with Crippen molar-refractivity contribution in [2.75, 3.05) is 0 Å². The fourth-order valence-corrected chi connectivity index (χ4v) is 13.7. The minimum absolute atomic E-state index is 0. The number of rotatable bonds is 5. The van der Waals surface area contributed by atoms with Crippen LogP contribution in [0.4, 0.5) is 0 Å². The van der Waals surface area contributed by atoms with E-state index < -0.39 is 21.8 Å². The van der Waals surface area contributed by atoms with Crippen molar-refractivity contribution in [3.05, 3.63) is 176 Å². The Kier molecular flexibility index (Phi) is 10.1. The van der Waals surface area contributed by atoms with E-state index in [1.54, 1.807) is 6.07 Å². The summed E-state index contributed by atoms with van der Waals surface area (Å²) in [4.78, 5) is 0. The number of nitrogens with zero attached hydrogens (tertiary/aromatic N) is 2. The quantitative estimate of drug-likeness (QED) is 0.140. The van der Waals surface area contributed by atoms with Crippen molar-refractivity contribution in [1.82, 2.24) is 4.57 Å². The van der Waals surface area contributed by atoms with Crippen LogP contribution in [0.5, 0.6) is 5.75 Å². The Morgan fingerprint density at radius 1 is 0.548 bits per heavy atom. The van der Waals surface area contributed by atoms with Gasteiger partial charge in [0, 0.05) is 0 Å². The van der Waals surface area contributed by atoms with Crippen molar-refractivity contribution in [2.45, 2.75) is 0 Å². The van der Waals surface area contributed by atoms with Crippen LogP contribution in [0.25, 0.3) is 22.4 Å². The Bertz CT molecular complexity index is 1750. The number of imidazole rings is 1. The predicted octanol–water partition coefficient (Wildman–Crippen LogP) is 5.41. The maximum atomic E-state index is 10.1. The van der Waals surface area contributed by atoms with E-state index in [1.165, 1.54) is 9.81 Å². The van der Waals surface area contributed by atoms with Crippen molar-refractivity contribution >= 4 is 42.6 Å². The van der Waals surface area contributed by atoms with Gasteiger partial charge in [0.15, 0.2) is 0 Å². The Morgan fingerprint density at radius 2 is 1.05 bits per heavy atom. The molecule has 6 aromatic carbocycles. The molecule has 0 saturated heterocycles. The fourth-order valence-electron chi connectivity index (χ4n) is 4.77. The molecule has 0 unspecified atom stereocenters. The van der Waals surface area contributed by atoms with Crippen LogP contribution in [0.15, 0.2) is 164 Å². The van der Waals surface area contributed by atoms with Crippen LogP contribution in [-0.2, 0) is 21.1 Å². The zero-order valence-electron chi connectivity index (χ0n) is 22.7. The maximum absolute atomic E-state index is 10.1. The molecule has 0 saturated carbocycles. The summed E-state index contributed by atoms with van der Waals surface area (Å²) in [5.74, 6) is 0.226. The molecular weight excluding hydrogens is 892 g/mol. The number of aromatic hydroxyl groups is 1. The first-order valence-electron chi connectivity index (χ1n) is 13.5. The third kappa shape index (κ3) is 6.62. The van der Waals surface area contributed by atoms with Crippen LogP contribution in [0.3, 0.4) is 0 Å². The van der Waals surface area contributed by atoms with Crippen molar-refractivity contribution in [1.29, 1.82) is 0 Å². The normalized spacial score (nSPS) is 10.5. The molecule has 7 aromatic rings. The summed E-state index contributed by atoms with van der Waals surface area (Å²) in [5, 5.41) is 10.1. The van der Waals surface area contributed by atoms with Gasteiger partial charge in [0.25, 0.3) is 6.33 Å². The van der Waals surface area contributed by atoms with Crippen molar-refractivity contribution < 1.29 is 30.7 Å². The van der Waals surface area contributed by atoms with Gasteiger partial charge in [-0.2, -0.15) is 30.3 Å². The monoisotopic (exact) mass is 920 g/mol. The predicted molar refractivity (Wildman–Crippen MR) is 168 cm³/mol. The third-order valence-electron chi connectivity index (χ3n) is 6.66. The van der Waals surface area contributed by atoms with Gasteiger partial charge in [-0.05, 0) is 17.8 Å². The average molecular weight is 921 g/mol. The first kappa shape index (κ1) is 29.6. The zero-order valence-corrected chi connectivity index (χ0v) is 28.4. The Labute approximate surface area is 269 Å². The standard InChI is InChI=1S/C19H13N2O.3C6H5.Bi.Pt/c22-19-13-7-6-12-18(19)21-14-20(15-8-2-1-3-9-15)16-10-4-5-11-17(16)21;3*1-2-4-6-5-3-1;;/h1-8,10-13,22H;3*1-5H;;/q-1;;;;;+2. The Morgan fingerprint density at radius 3 is 1.60 bits per heavy atom. The summed E-state index contributed by atoms with van der Waals surface area (Å²) >= 11 is -2.06. The molecule has 0 aliphatic rings. The summed E-state index contributed by atoms with van der Waals surface area (Å²) in [7, 11) is 0. The second-order valence-corrected chi connectivity index (χ2v) is 18.0. The Balaban J connectivity index is 0.000000166. The topological polar surface area (TPSA) is 29.0 Å². The van der Waals surface area contributed by atoms with E-state index in [0.29, 0.717) is 5.69 Å². The molecule has 1 heterocycles. The minimum atomic E-state index is -2.06. The van der Waals surface area contributed by atoms with E-state index in [4.69, 9.17) is 0 Å². The molecule has 0 spiro atoms. The van der Waals surface area contributed by atoms with E-state index in [1.807, 2.05) is 75.9 Å². The van der Waals surface area contributed by atoms with Crippen molar-refractivity contribution in [2.24, 2.45) is 0 Å². The third-order valence-corrected chi connectivity index (χ3v) is 16.2. The van der Waals surface area contributed by atoms with Gasteiger partial charge < -0.3 is 9.67 Å². The molecule has 7 rings (SSSR count). The summed E-state index contributed by atoms with van der Waals surface area (Å²) < 4.78 is 8.42. The molecule has 0 aliphatic carbocycles. The molecule has 1 aromatic heterocycles. The number of hydrogen-bond acceptors (Lipinski definition) is 1. The molecule has 206 valence electrons. The molecule has 5 heteroatoms. The molecule has 0 radical (unpaired) electrons. The number of benzene rings is 6. The number of phenolic OH excluding ortho intramolecular Hbond substituents is 1. The second-order valence-electron chi connectivity index (χ2n) is 9.34. The molecule has 0 aliphatic heterocycles. The van der Waals surface area contributed by atoms with Crippen LogP contribution < -0.4 is 14.4 Å². The fraction of sp³-hybridized carbons (Fsp3) is 0. The van der Waals surface area contributed by atoms with E-state index in [-0.39, 0.29) is 26.8 Å². The summed E-state index contributed by atoms with van der Waals surface area (Å²) in [6, 6.07) is 59.2. The molecule has 1 N–H and O–H groups in total. The SMILES string of the molecule is Oc1ccccc1-[n+]1[c-]n(-c2[c-]cccc2)c2ccccc21.[Pt+2].c1cc[c]([Bi]([c]2ccccc2)[c]2ccccc2)cc1. The van der Waals surface area contributed by atoms with Crippen LogP contribution in [0.2, 0.25) is 0 Å². The number of fused-ring (bicyclic) bond motifs is 1. The molecule has 0 fully saturated rings. The van der Waals surface area contributed by atoms with E-state index in [9.17, 15) is 5.11 Å². The molecule has 3 nitrogen and oxygen atoms in total. The van der Waals surface area contributed by atoms with E-state index >= 15 is 0 Å². The summed E-state index contributed by atoms with van der Waals surface area (Å²) in [6.45, 7) is 0. The first-order valence-corrected chi connectivity index (χ1v) is 18.7. The molecule has 42 heavy (non-hydrogen) atoms. The molecular formula is C37H28BiN2OPt+. The van der Waals surface area contributed by atoms with Crippen LogP contribution >= 0.6 is 0 Å². The molecule has 0 atom stereocenters. The van der Waals surface area contributed by atoms with Gasteiger partial charge in [0.2, 0.25) is 0 Å². The van der Waals surface area contributed by atoms with Crippen LogP contribution in [-0.4, -0.2) is 31.4 Å². The number of aromatic nitrogens is 2. The number of para-hydroxylation sites is 5. The molecule has 0 amide bonds. The first-order chi connectivity index (χ1) is 20.3. The van der Waals surface area contributed by atoms with Gasteiger partial charge >= 0.3 is 144 Å². The Hall–Kier alpha value is -3.84. The van der Waals surface area contributed by atoms with E-state index in [0.717, 1.165) is 16.7 Å². The van der Waals surface area contributed by atoms with Gasteiger partial charge in [-0.15, -0.1) is 0 Å². The van der Waals surface area contributed by atoms with Crippen molar-refractivity contribution in [3.8, 4) is 17.1 Å². The number of phenols is 1. The summed E-state index contributed by atoms with van der Waals surface area (Å²) in [5.41, 5.74) is 3.59. The second kappa shape index (κ2) is 14.4. The van der Waals surface area contributed by atoms with Gasteiger partial charge in [-0.3, -0.25) is 4.57 Å².